The molecule has 8 heteroatoms. The molecular weight excluding hydrogens is 372 g/mol. The number of sulfone groups is 2. The van der Waals surface area contributed by atoms with Crippen LogP contribution in [0.4, 0.5) is 0 Å². The molecule has 0 bridgehead atoms. The molecule has 6 nitrogen and oxygen atoms in total. The minimum Gasteiger partial charge on any atom is -0.220 e. The molecule has 0 aliphatic carbocycles. The Bertz CT molecular complexity index is 991. The van der Waals surface area contributed by atoms with Gasteiger partial charge in [0.15, 0.2) is 0 Å². The molecule has 0 heterocycles. The molecule has 0 amide bonds. The van der Waals surface area contributed by atoms with Gasteiger partial charge in [0, 0.05) is 7.05 Å². The molecule has 0 aromatic heterocycles. The fourth-order valence-electron chi connectivity index (χ4n) is 2.84. The second kappa shape index (κ2) is 7.28. The van der Waals surface area contributed by atoms with E-state index in [1.165, 1.54) is 19.2 Å². The standard InChI is InChI=1S/C18H22N2O4S2/c1-12-6-8-16(14(3)10-12)25(21,22)18(20-19-5)26(23,24)17-9-7-13(2)11-15(17)4/h6-11,18H,1-5H3. The van der Waals surface area contributed by atoms with Gasteiger partial charge >= 0.3 is 0 Å². The average Bonchev–Trinajstić information content (AvgIpc) is 2.51. The molecule has 2 aromatic rings. The minimum absolute atomic E-state index is 0.0613. The quantitative estimate of drug-likeness (QED) is 0.725. The first-order chi connectivity index (χ1) is 12.0. The van der Waals surface area contributed by atoms with E-state index in [-0.39, 0.29) is 9.79 Å². The van der Waals surface area contributed by atoms with Gasteiger partial charge in [-0.15, -0.1) is 0 Å². The van der Waals surface area contributed by atoms with Crippen LogP contribution >= 0.6 is 0 Å². The summed E-state index contributed by atoms with van der Waals surface area (Å²) in [6, 6.07) is 9.46. The summed E-state index contributed by atoms with van der Waals surface area (Å²) in [6.07, 6.45) is 0. The lowest BCUT2D eigenvalue weighted by Crippen LogP contribution is -2.30. The van der Waals surface area contributed by atoms with Gasteiger partial charge in [-0.05, 0) is 51.0 Å². The molecule has 0 aliphatic rings. The number of hydrogen-bond acceptors (Lipinski definition) is 6. The predicted molar refractivity (Wildman–Crippen MR) is 101 cm³/mol. The molecule has 0 radical (unpaired) electrons. The molecular formula is C18H22N2O4S2. The molecule has 26 heavy (non-hydrogen) atoms. The third-order valence-electron chi connectivity index (χ3n) is 4.01. The van der Waals surface area contributed by atoms with E-state index in [1.54, 1.807) is 38.1 Å². The molecule has 0 aliphatic heterocycles. The van der Waals surface area contributed by atoms with Crippen LogP contribution in [0.3, 0.4) is 0 Å². The molecule has 0 N–H and O–H groups in total. The maximum absolute atomic E-state index is 13.1. The van der Waals surface area contributed by atoms with Gasteiger partial charge in [0.1, 0.15) is 0 Å². The van der Waals surface area contributed by atoms with Gasteiger partial charge in [0.2, 0.25) is 19.7 Å². The van der Waals surface area contributed by atoms with E-state index < -0.39 is 24.4 Å². The van der Waals surface area contributed by atoms with Crippen molar-refractivity contribution in [2.24, 2.45) is 10.2 Å². The first-order valence-corrected chi connectivity index (χ1v) is 11.0. The molecule has 0 saturated heterocycles. The summed E-state index contributed by atoms with van der Waals surface area (Å²) in [6.45, 7) is 6.92. The summed E-state index contributed by atoms with van der Waals surface area (Å²) in [7, 11) is -7.33. The number of benzene rings is 2. The summed E-state index contributed by atoms with van der Waals surface area (Å²) >= 11 is 0. The van der Waals surface area contributed by atoms with Gasteiger partial charge in [0.25, 0.3) is 4.71 Å². The molecule has 0 unspecified atom stereocenters. The molecule has 0 fully saturated rings. The fraction of sp³-hybridized carbons (Fsp3) is 0.333. The third-order valence-corrected chi connectivity index (χ3v) is 8.93. The zero-order chi connectivity index (χ0) is 19.7. The monoisotopic (exact) mass is 394 g/mol. The summed E-state index contributed by atoms with van der Waals surface area (Å²) in [4.78, 5) is -0.123. The van der Waals surface area contributed by atoms with Crippen molar-refractivity contribution in [1.82, 2.24) is 0 Å². The van der Waals surface area contributed by atoms with Crippen LogP contribution in [-0.2, 0) is 19.7 Å². The number of aryl methyl sites for hydroxylation is 4. The van der Waals surface area contributed by atoms with E-state index in [0.29, 0.717) is 11.1 Å². The smallest absolute Gasteiger partial charge is 0.220 e. The highest BCUT2D eigenvalue weighted by atomic mass is 32.3. The lowest BCUT2D eigenvalue weighted by atomic mass is 10.2. The Hall–Kier alpha value is -2.06. The lowest BCUT2D eigenvalue weighted by molar-refractivity contribution is 0.572. The second-order valence-corrected chi connectivity index (χ2v) is 10.5. The van der Waals surface area contributed by atoms with Crippen molar-refractivity contribution in [1.29, 1.82) is 0 Å². The maximum Gasteiger partial charge on any atom is 0.280 e. The minimum atomic E-state index is -4.29. The molecule has 2 aromatic carbocycles. The van der Waals surface area contributed by atoms with Crippen LogP contribution in [0.15, 0.2) is 56.4 Å². The van der Waals surface area contributed by atoms with Crippen molar-refractivity contribution in [3.05, 3.63) is 58.7 Å². The largest absolute Gasteiger partial charge is 0.280 e. The average molecular weight is 395 g/mol. The van der Waals surface area contributed by atoms with Crippen molar-refractivity contribution in [2.75, 3.05) is 7.05 Å². The highest BCUT2D eigenvalue weighted by molar-refractivity contribution is 8.09. The fourth-order valence-corrected chi connectivity index (χ4v) is 7.20. The van der Waals surface area contributed by atoms with Crippen LogP contribution in [-0.4, -0.2) is 28.6 Å². The first-order valence-electron chi connectivity index (χ1n) is 7.93. The van der Waals surface area contributed by atoms with Crippen LogP contribution in [0.25, 0.3) is 0 Å². The number of hydrogen-bond donors (Lipinski definition) is 0. The Morgan fingerprint density at radius 3 is 1.42 bits per heavy atom. The lowest BCUT2D eigenvalue weighted by Gasteiger charge is -2.17. The van der Waals surface area contributed by atoms with E-state index in [4.69, 9.17) is 0 Å². The normalized spacial score (nSPS) is 12.8. The Balaban J connectivity index is 2.71. The van der Waals surface area contributed by atoms with Crippen LogP contribution in [0.1, 0.15) is 22.3 Å². The van der Waals surface area contributed by atoms with Crippen LogP contribution in [0.2, 0.25) is 0 Å². The topological polar surface area (TPSA) is 93.0 Å². The van der Waals surface area contributed by atoms with E-state index in [2.05, 4.69) is 10.2 Å². The molecule has 140 valence electrons. The van der Waals surface area contributed by atoms with Gasteiger partial charge < -0.3 is 0 Å². The number of nitrogens with zero attached hydrogens (tertiary/aromatic N) is 2. The summed E-state index contributed by atoms with van der Waals surface area (Å²) in [5.41, 5.74) is 2.70. The van der Waals surface area contributed by atoms with Crippen molar-refractivity contribution < 1.29 is 16.8 Å². The Labute approximate surface area is 154 Å². The zero-order valence-electron chi connectivity index (χ0n) is 15.4. The van der Waals surface area contributed by atoms with E-state index >= 15 is 0 Å². The van der Waals surface area contributed by atoms with Crippen molar-refractivity contribution in [2.45, 2.75) is 42.2 Å². The van der Waals surface area contributed by atoms with Gasteiger partial charge in [-0.25, -0.2) is 16.8 Å². The first kappa shape index (κ1) is 20.3. The van der Waals surface area contributed by atoms with Gasteiger partial charge in [-0.3, -0.25) is 0 Å². The van der Waals surface area contributed by atoms with E-state index in [0.717, 1.165) is 11.1 Å². The van der Waals surface area contributed by atoms with Crippen LogP contribution in [0, 0.1) is 27.7 Å². The van der Waals surface area contributed by atoms with Crippen molar-refractivity contribution in [3.63, 3.8) is 0 Å². The Morgan fingerprint density at radius 1 is 0.731 bits per heavy atom. The van der Waals surface area contributed by atoms with Gasteiger partial charge in [0.05, 0.1) is 9.79 Å². The van der Waals surface area contributed by atoms with Crippen LogP contribution < -0.4 is 0 Å². The Morgan fingerprint density at radius 2 is 1.12 bits per heavy atom. The number of rotatable bonds is 5. The maximum atomic E-state index is 13.1. The zero-order valence-corrected chi connectivity index (χ0v) is 17.0. The molecule has 2 rings (SSSR count). The summed E-state index contributed by atoms with van der Waals surface area (Å²) < 4.78 is 50.5. The SMILES string of the molecule is CN=NC(S(=O)(=O)c1ccc(C)cc1C)S(=O)(=O)c1ccc(C)cc1C. The third kappa shape index (κ3) is 3.71. The van der Waals surface area contributed by atoms with Gasteiger partial charge in [-0.1, -0.05) is 35.4 Å². The van der Waals surface area contributed by atoms with Crippen molar-refractivity contribution >= 4 is 19.7 Å². The molecule has 0 saturated carbocycles. The Kier molecular flexibility index (Phi) is 5.67. The van der Waals surface area contributed by atoms with Crippen molar-refractivity contribution in [3.8, 4) is 0 Å². The number of azo groups is 1. The summed E-state index contributed by atoms with van der Waals surface area (Å²) in [5, 5.41) is 7.08. The summed E-state index contributed by atoms with van der Waals surface area (Å²) in [5.74, 6) is 0. The van der Waals surface area contributed by atoms with Crippen LogP contribution in [0.5, 0.6) is 0 Å². The predicted octanol–water partition coefficient (Wildman–Crippen LogP) is 3.53. The molecule has 0 atom stereocenters. The second-order valence-electron chi connectivity index (χ2n) is 6.25. The highest BCUT2D eigenvalue weighted by Gasteiger charge is 2.41. The van der Waals surface area contributed by atoms with E-state index in [9.17, 15) is 16.8 Å². The molecule has 0 spiro atoms. The highest BCUT2D eigenvalue weighted by Crippen LogP contribution is 2.30. The van der Waals surface area contributed by atoms with Gasteiger partial charge in [-0.2, -0.15) is 10.2 Å². The van der Waals surface area contributed by atoms with E-state index in [1.807, 2.05) is 13.8 Å².